The van der Waals surface area contributed by atoms with Gasteiger partial charge in [0, 0.05) is 24.6 Å². The molecule has 2 fully saturated rings. The molecular weight excluding hydrogens is 339 g/mol. The van der Waals surface area contributed by atoms with E-state index in [-0.39, 0.29) is 17.6 Å². The Hall–Kier alpha value is -0.280. The van der Waals surface area contributed by atoms with Crippen molar-refractivity contribution in [1.29, 1.82) is 5.26 Å². The largest absolute Gasteiger partial charge is 0.384 e. The predicted octanol–water partition coefficient (Wildman–Crippen LogP) is 3.72. The number of hydrogen-bond donors (Lipinski definition) is 0. The van der Waals surface area contributed by atoms with E-state index in [9.17, 15) is 0 Å². The van der Waals surface area contributed by atoms with Crippen LogP contribution >= 0.6 is 8.53 Å². The summed E-state index contributed by atoms with van der Waals surface area (Å²) in [5.74, 6) is 0.455. The van der Waals surface area contributed by atoms with Gasteiger partial charge >= 0.3 is 0 Å². The highest BCUT2D eigenvalue weighted by Gasteiger charge is 2.60. The summed E-state index contributed by atoms with van der Waals surface area (Å²) in [7, 11) is 0.485. The minimum absolute atomic E-state index is 0.0179. The van der Waals surface area contributed by atoms with Gasteiger partial charge < -0.3 is 18.5 Å². The number of nitriles is 1. The maximum Gasteiger partial charge on any atom is 0.259 e. The molecule has 1 aliphatic heterocycles. The third-order valence-corrected chi connectivity index (χ3v) is 7.16. The molecule has 0 aromatic carbocycles. The van der Waals surface area contributed by atoms with Gasteiger partial charge in [-0.1, -0.05) is 6.92 Å². The van der Waals surface area contributed by atoms with E-state index in [2.05, 4.69) is 45.4 Å². The maximum atomic E-state index is 8.85. The van der Waals surface area contributed by atoms with Crippen LogP contribution in [0.4, 0.5) is 0 Å². The van der Waals surface area contributed by atoms with E-state index in [0.29, 0.717) is 44.2 Å². The number of rotatable bonds is 10. The highest BCUT2D eigenvalue weighted by molar-refractivity contribution is 7.44. The first kappa shape index (κ1) is 21.0. The van der Waals surface area contributed by atoms with Crippen LogP contribution in [-0.2, 0) is 18.5 Å². The molecule has 1 heterocycles. The van der Waals surface area contributed by atoms with E-state index >= 15 is 0 Å². The molecule has 2 rings (SSSR count). The highest BCUT2D eigenvalue weighted by atomic mass is 31.2. The van der Waals surface area contributed by atoms with Gasteiger partial charge in [0.25, 0.3) is 8.53 Å². The van der Waals surface area contributed by atoms with E-state index in [1.54, 1.807) is 7.11 Å². The maximum absolute atomic E-state index is 8.85. The summed E-state index contributed by atoms with van der Waals surface area (Å²) in [6.45, 7) is 12.6. The Kier molecular flexibility index (Phi) is 7.64. The fourth-order valence-corrected chi connectivity index (χ4v) is 6.05. The second-order valence-corrected chi connectivity index (χ2v) is 9.23. The van der Waals surface area contributed by atoms with Crippen LogP contribution in [0.25, 0.3) is 0 Å². The first-order valence-corrected chi connectivity index (χ1v) is 10.3. The van der Waals surface area contributed by atoms with Crippen LogP contribution in [-0.4, -0.2) is 55.9 Å². The normalized spacial score (nSPS) is 32.7. The minimum Gasteiger partial charge on any atom is -0.384 e. The fraction of sp³-hybridized carbons (Fsp3) is 0.944. The van der Waals surface area contributed by atoms with E-state index in [1.165, 1.54) is 0 Å². The Morgan fingerprint density at radius 2 is 2.00 bits per heavy atom. The molecule has 0 N–H and O–H groups in total. The van der Waals surface area contributed by atoms with Crippen molar-refractivity contribution in [2.45, 2.75) is 71.8 Å². The first-order valence-electron chi connectivity index (χ1n) is 9.22. The van der Waals surface area contributed by atoms with Crippen molar-refractivity contribution in [3.63, 3.8) is 0 Å². The molecule has 1 saturated heterocycles. The number of nitrogens with zero attached hydrogens (tertiary/aromatic N) is 2. The third kappa shape index (κ3) is 4.53. The molecule has 6 nitrogen and oxygen atoms in total. The van der Waals surface area contributed by atoms with Crippen molar-refractivity contribution < 1.29 is 18.5 Å². The average Bonchev–Trinajstić information content (AvgIpc) is 2.97. The molecule has 0 aromatic heterocycles. The Balaban J connectivity index is 2.18. The third-order valence-electron chi connectivity index (χ3n) is 5.05. The molecule has 2 aliphatic rings. The van der Waals surface area contributed by atoms with E-state index in [4.69, 9.17) is 23.8 Å². The lowest BCUT2D eigenvalue weighted by Crippen LogP contribution is -2.40. The Labute approximate surface area is 153 Å². The van der Waals surface area contributed by atoms with Gasteiger partial charge in [-0.2, -0.15) is 5.26 Å². The minimum atomic E-state index is -1.25. The lowest BCUT2D eigenvalue weighted by molar-refractivity contribution is -0.0113. The van der Waals surface area contributed by atoms with E-state index in [1.807, 2.05) is 0 Å². The van der Waals surface area contributed by atoms with Gasteiger partial charge in [0.1, 0.15) is 6.10 Å². The van der Waals surface area contributed by atoms with Gasteiger partial charge in [0.15, 0.2) is 0 Å². The molecular formula is C18H33N2O4P. The average molecular weight is 372 g/mol. The molecule has 25 heavy (non-hydrogen) atoms. The van der Waals surface area contributed by atoms with Crippen LogP contribution in [0.5, 0.6) is 0 Å². The zero-order valence-corrected chi connectivity index (χ0v) is 17.3. The molecule has 7 heteroatoms. The molecule has 0 amide bonds. The van der Waals surface area contributed by atoms with E-state index in [0.717, 1.165) is 6.42 Å². The molecule has 1 saturated carbocycles. The van der Waals surface area contributed by atoms with Crippen LogP contribution in [0, 0.1) is 22.7 Å². The lowest BCUT2D eigenvalue weighted by Gasteiger charge is -2.39. The van der Waals surface area contributed by atoms with Gasteiger partial charge in [-0.25, -0.2) is 4.67 Å². The first-order chi connectivity index (χ1) is 11.9. The van der Waals surface area contributed by atoms with Crippen molar-refractivity contribution in [3.05, 3.63) is 0 Å². The molecule has 5 unspecified atom stereocenters. The summed E-state index contributed by atoms with van der Waals surface area (Å²) in [4.78, 5) is 0. The summed E-state index contributed by atoms with van der Waals surface area (Å²) in [5.41, 5.74) is -0.0857. The van der Waals surface area contributed by atoms with Crippen molar-refractivity contribution in [2.75, 3.05) is 26.9 Å². The topological polar surface area (TPSA) is 64.0 Å². The van der Waals surface area contributed by atoms with E-state index < -0.39 is 8.53 Å². The molecule has 1 aliphatic carbocycles. The predicted molar refractivity (Wildman–Crippen MR) is 97.9 cm³/mol. The molecule has 144 valence electrons. The van der Waals surface area contributed by atoms with Gasteiger partial charge in [-0.05, 0) is 40.0 Å². The van der Waals surface area contributed by atoms with Gasteiger partial charge in [0.2, 0.25) is 0 Å². The molecule has 0 aromatic rings. The summed E-state index contributed by atoms with van der Waals surface area (Å²) in [6, 6.07) is 2.74. The van der Waals surface area contributed by atoms with Crippen molar-refractivity contribution in [1.82, 2.24) is 4.67 Å². The fourth-order valence-electron chi connectivity index (χ4n) is 4.21. The lowest BCUT2D eigenvalue weighted by atomic mass is 9.86. The monoisotopic (exact) mass is 372 g/mol. The van der Waals surface area contributed by atoms with Crippen molar-refractivity contribution in [3.8, 4) is 6.07 Å². The number of fused-ring (bicyclic) bond motifs is 2. The standard InChI is InChI=1S/C18H33N2O4P/c1-13(2)20(14(3)4)25(23-9-7-8-19)24-17-16-15(5)10-18(17,11-21-6)12-22-16/h13-17H,7,9-12H2,1-6H3. The molecule has 0 spiro atoms. The summed E-state index contributed by atoms with van der Waals surface area (Å²) >= 11 is 0. The zero-order valence-electron chi connectivity index (χ0n) is 16.4. The Bertz CT molecular complexity index is 462. The second kappa shape index (κ2) is 9.08. The molecule has 0 radical (unpaired) electrons. The van der Waals surface area contributed by atoms with Crippen molar-refractivity contribution in [2.24, 2.45) is 11.3 Å². The number of methoxy groups -OCH3 is 1. The van der Waals surface area contributed by atoms with Gasteiger partial charge in [-0.3, -0.25) is 0 Å². The molecule has 2 bridgehead atoms. The van der Waals surface area contributed by atoms with Gasteiger partial charge in [0.05, 0.1) is 38.4 Å². The van der Waals surface area contributed by atoms with Gasteiger partial charge in [-0.15, -0.1) is 0 Å². The van der Waals surface area contributed by atoms with Crippen LogP contribution in [0.15, 0.2) is 0 Å². The number of ether oxygens (including phenoxy) is 2. The summed E-state index contributed by atoms with van der Waals surface area (Å²) in [5, 5.41) is 8.85. The highest BCUT2D eigenvalue weighted by Crippen LogP contribution is 2.57. The van der Waals surface area contributed by atoms with Crippen LogP contribution in [0.1, 0.15) is 47.5 Å². The second-order valence-electron chi connectivity index (χ2n) is 7.83. The smallest absolute Gasteiger partial charge is 0.259 e. The number of hydrogen-bond acceptors (Lipinski definition) is 6. The Morgan fingerprint density at radius 1 is 1.32 bits per heavy atom. The quantitative estimate of drug-likeness (QED) is 0.430. The van der Waals surface area contributed by atoms with Crippen LogP contribution in [0.2, 0.25) is 0 Å². The zero-order chi connectivity index (χ0) is 18.6. The van der Waals surface area contributed by atoms with Crippen LogP contribution < -0.4 is 0 Å². The van der Waals surface area contributed by atoms with Crippen LogP contribution in [0.3, 0.4) is 0 Å². The molecule has 5 atom stereocenters. The summed E-state index contributed by atoms with van der Waals surface area (Å²) < 4.78 is 26.5. The van der Waals surface area contributed by atoms with Crippen molar-refractivity contribution >= 4 is 8.53 Å². The SMILES string of the molecule is COCC12COC(C(C)C1)C2OP(OCCC#N)N(C(C)C)C(C)C. The Morgan fingerprint density at radius 3 is 2.52 bits per heavy atom. The summed E-state index contributed by atoms with van der Waals surface area (Å²) in [6.07, 6.45) is 1.51.